The van der Waals surface area contributed by atoms with E-state index in [1.807, 2.05) is 0 Å². The first-order valence-electron chi connectivity index (χ1n) is 10.4. The number of ether oxygens (including phenoxy) is 1. The quantitative estimate of drug-likeness (QED) is 0.593. The lowest BCUT2D eigenvalue weighted by atomic mass is 9.85. The Labute approximate surface area is 198 Å². The number of anilines is 2. The number of pyridine rings is 1. The number of alkyl halides is 4. The fraction of sp³-hybridized carbons (Fsp3) is 0.409. The summed E-state index contributed by atoms with van der Waals surface area (Å²) in [6.45, 7) is 4.83. The van der Waals surface area contributed by atoms with Gasteiger partial charge in [-0.25, -0.2) is 8.42 Å². The van der Waals surface area contributed by atoms with Crippen molar-refractivity contribution in [3.8, 4) is 5.75 Å². The van der Waals surface area contributed by atoms with Crippen LogP contribution in [0.5, 0.6) is 5.75 Å². The molecule has 1 fully saturated rings. The van der Waals surface area contributed by atoms with Gasteiger partial charge in [-0.1, -0.05) is 0 Å². The second-order valence-corrected chi connectivity index (χ2v) is 11.5. The minimum Gasteiger partial charge on any atom is -0.427 e. The normalized spacial score (nSPS) is 19.8. The third-order valence-corrected chi connectivity index (χ3v) is 8.02. The summed E-state index contributed by atoms with van der Waals surface area (Å²) >= 11 is 0. The summed E-state index contributed by atoms with van der Waals surface area (Å²) in [7, 11) is -3.18. The number of nitrogens with zero attached hydrogens (tertiary/aromatic N) is 2. The Morgan fingerprint density at radius 3 is 2.43 bits per heavy atom. The van der Waals surface area contributed by atoms with Crippen LogP contribution in [0.3, 0.4) is 0 Å². The first-order chi connectivity index (χ1) is 16.0. The number of carbonyl (C=O) groups excluding carboxylic acids is 2. The molecule has 35 heavy (non-hydrogen) atoms. The van der Waals surface area contributed by atoms with Crippen molar-refractivity contribution in [2.24, 2.45) is 0 Å². The molecule has 1 N–H and O–H groups in total. The largest absolute Gasteiger partial charge is 0.461 e. The van der Waals surface area contributed by atoms with Crippen molar-refractivity contribution >= 4 is 33.0 Å². The topological polar surface area (TPSA) is 106 Å². The van der Waals surface area contributed by atoms with E-state index < -0.39 is 50.9 Å². The summed E-state index contributed by atoms with van der Waals surface area (Å²) in [6.07, 6.45) is -6.80. The minimum absolute atomic E-state index is 0.00813. The standard InChI is InChI=1S/C22H21F4N3O5S/c1-20(2)15-6-12(17(30)28-21(3)10-35(32,33)11-21)4-5-16(15)29(19(20)31)13-7-14(9-27-8-13)34-22(25,26)18(23)24/h4-9,18H,10-11H2,1-3H3,(H,28,30). The first kappa shape index (κ1) is 24.9. The molecule has 2 aromatic rings. The highest BCUT2D eigenvalue weighted by atomic mass is 32.2. The molecule has 0 saturated carbocycles. The summed E-state index contributed by atoms with van der Waals surface area (Å²) in [5.41, 5.74) is -1.03. The van der Waals surface area contributed by atoms with E-state index in [1.54, 1.807) is 20.8 Å². The number of sulfone groups is 1. The molecule has 0 spiro atoms. The van der Waals surface area contributed by atoms with Gasteiger partial charge < -0.3 is 10.1 Å². The predicted octanol–water partition coefficient (Wildman–Crippen LogP) is 3.19. The summed E-state index contributed by atoms with van der Waals surface area (Å²) in [4.78, 5) is 30.9. The molecule has 4 rings (SSSR count). The van der Waals surface area contributed by atoms with Crippen LogP contribution in [0.15, 0.2) is 36.7 Å². The van der Waals surface area contributed by atoms with Gasteiger partial charge in [0.2, 0.25) is 5.91 Å². The number of carbonyl (C=O) groups is 2. The zero-order chi connectivity index (χ0) is 26.0. The van der Waals surface area contributed by atoms with E-state index in [2.05, 4.69) is 15.0 Å². The van der Waals surface area contributed by atoms with Crippen LogP contribution in [-0.2, 0) is 20.0 Å². The molecule has 2 aliphatic heterocycles. The number of hydrogen-bond donors (Lipinski definition) is 1. The van der Waals surface area contributed by atoms with E-state index in [0.29, 0.717) is 11.3 Å². The average Bonchev–Trinajstić information content (AvgIpc) is 2.91. The number of nitrogens with one attached hydrogen (secondary N) is 1. The van der Waals surface area contributed by atoms with Crippen LogP contribution < -0.4 is 15.0 Å². The SMILES string of the molecule is CC1(NC(=O)c2ccc3c(c2)C(C)(C)C(=O)N3c2cncc(OC(F)(F)C(F)F)c2)CS(=O)(=O)C1. The van der Waals surface area contributed by atoms with E-state index in [-0.39, 0.29) is 22.8 Å². The number of hydrogen-bond acceptors (Lipinski definition) is 6. The zero-order valence-electron chi connectivity index (χ0n) is 18.8. The van der Waals surface area contributed by atoms with Crippen molar-refractivity contribution in [1.82, 2.24) is 10.3 Å². The molecule has 0 unspecified atom stereocenters. The molecule has 1 saturated heterocycles. The van der Waals surface area contributed by atoms with Crippen molar-refractivity contribution < 1.29 is 40.3 Å². The molecule has 0 atom stereocenters. The van der Waals surface area contributed by atoms with Gasteiger partial charge in [-0.2, -0.15) is 17.6 Å². The molecule has 13 heteroatoms. The fourth-order valence-electron chi connectivity index (χ4n) is 4.27. The lowest BCUT2D eigenvalue weighted by Gasteiger charge is -2.38. The first-order valence-corrected chi connectivity index (χ1v) is 12.2. The van der Waals surface area contributed by atoms with Gasteiger partial charge in [-0.3, -0.25) is 19.5 Å². The van der Waals surface area contributed by atoms with Crippen molar-refractivity contribution in [3.63, 3.8) is 0 Å². The highest BCUT2D eigenvalue weighted by Gasteiger charge is 2.48. The van der Waals surface area contributed by atoms with Gasteiger partial charge in [0.1, 0.15) is 5.75 Å². The lowest BCUT2D eigenvalue weighted by molar-refractivity contribution is -0.253. The van der Waals surface area contributed by atoms with Crippen molar-refractivity contribution in [1.29, 1.82) is 0 Å². The molecule has 0 radical (unpaired) electrons. The highest BCUT2D eigenvalue weighted by Crippen LogP contribution is 2.46. The third kappa shape index (κ3) is 4.44. The molecular formula is C22H21F4N3O5S. The molecule has 8 nitrogen and oxygen atoms in total. The van der Waals surface area contributed by atoms with E-state index in [1.165, 1.54) is 29.3 Å². The van der Waals surface area contributed by atoms with Crippen molar-refractivity contribution in [2.45, 2.75) is 44.3 Å². The van der Waals surface area contributed by atoms with Gasteiger partial charge in [-0.05, 0) is 44.5 Å². The molecule has 3 heterocycles. The van der Waals surface area contributed by atoms with Crippen molar-refractivity contribution in [2.75, 3.05) is 16.4 Å². The van der Waals surface area contributed by atoms with Crippen molar-refractivity contribution in [3.05, 3.63) is 47.8 Å². The number of fused-ring (bicyclic) bond motifs is 1. The molecule has 0 aliphatic carbocycles. The van der Waals surface area contributed by atoms with Gasteiger partial charge in [0.05, 0.1) is 46.2 Å². The van der Waals surface area contributed by atoms with Gasteiger partial charge in [0, 0.05) is 11.6 Å². The number of benzene rings is 1. The number of halogens is 4. The van der Waals surface area contributed by atoms with Crippen LogP contribution in [0, 0.1) is 0 Å². The minimum atomic E-state index is -4.74. The Balaban J connectivity index is 1.65. The monoisotopic (exact) mass is 515 g/mol. The average molecular weight is 515 g/mol. The van der Waals surface area contributed by atoms with Gasteiger partial charge in [0.15, 0.2) is 9.84 Å². The molecule has 2 aliphatic rings. The van der Waals surface area contributed by atoms with Crippen LogP contribution in [0.25, 0.3) is 0 Å². The molecule has 1 aromatic heterocycles. The second-order valence-electron chi connectivity index (χ2n) is 9.39. The Morgan fingerprint density at radius 1 is 1.17 bits per heavy atom. The summed E-state index contributed by atoms with van der Waals surface area (Å²) in [5.74, 6) is -2.00. The maximum absolute atomic E-state index is 13.3. The lowest BCUT2D eigenvalue weighted by Crippen LogP contribution is -2.63. The summed E-state index contributed by atoms with van der Waals surface area (Å²) in [6, 6.07) is 5.41. The van der Waals surface area contributed by atoms with Crippen LogP contribution in [0.4, 0.5) is 28.9 Å². The summed E-state index contributed by atoms with van der Waals surface area (Å²) in [5, 5.41) is 2.70. The highest BCUT2D eigenvalue weighted by molar-refractivity contribution is 7.93. The molecular weight excluding hydrogens is 494 g/mol. The maximum atomic E-state index is 13.3. The van der Waals surface area contributed by atoms with Crippen LogP contribution in [-0.4, -0.2) is 54.8 Å². The van der Waals surface area contributed by atoms with Crippen LogP contribution in [0.1, 0.15) is 36.7 Å². The zero-order valence-corrected chi connectivity index (χ0v) is 19.6. The number of amides is 2. The molecule has 1 aromatic carbocycles. The van der Waals surface area contributed by atoms with Gasteiger partial charge in [0.25, 0.3) is 5.91 Å². The van der Waals surface area contributed by atoms with Crippen LogP contribution in [0.2, 0.25) is 0 Å². The number of aromatic nitrogens is 1. The van der Waals surface area contributed by atoms with Gasteiger partial charge >= 0.3 is 12.5 Å². The van der Waals surface area contributed by atoms with Crippen LogP contribution >= 0.6 is 0 Å². The Kier molecular flexibility index (Phi) is 5.62. The Hall–Kier alpha value is -3.22. The smallest absolute Gasteiger partial charge is 0.427 e. The third-order valence-electron chi connectivity index (χ3n) is 5.87. The van der Waals surface area contributed by atoms with E-state index in [0.717, 1.165) is 12.3 Å². The maximum Gasteiger partial charge on any atom is 0.461 e. The van der Waals surface area contributed by atoms with Gasteiger partial charge in [-0.15, -0.1) is 0 Å². The van der Waals surface area contributed by atoms with E-state index >= 15 is 0 Å². The Morgan fingerprint density at radius 2 is 1.83 bits per heavy atom. The van der Waals surface area contributed by atoms with E-state index in [9.17, 15) is 35.6 Å². The fourth-order valence-corrected chi connectivity index (χ4v) is 6.27. The molecule has 2 amide bonds. The predicted molar refractivity (Wildman–Crippen MR) is 117 cm³/mol. The molecule has 188 valence electrons. The van der Waals surface area contributed by atoms with E-state index in [4.69, 9.17) is 0 Å². The second kappa shape index (κ2) is 7.90. The summed E-state index contributed by atoms with van der Waals surface area (Å²) < 4.78 is 78.8. The number of rotatable bonds is 6. The molecule has 0 bridgehead atoms. The Bertz CT molecular complexity index is 1320.